The van der Waals surface area contributed by atoms with Crippen molar-refractivity contribution in [3.8, 4) is 0 Å². The second kappa shape index (κ2) is 10.9. The van der Waals surface area contributed by atoms with Crippen LogP contribution in [0.3, 0.4) is 0 Å². The maximum atomic E-state index is 14.5. The van der Waals surface area contributed by atoms with E-state index in [2.05, 4.69) is 0 Å². The van der Waals surface area contributed by atoms with Gasteiger partial charge in [0.2, 0.25) is 0 Å². The fraction of sp³-hybridized carbons (Fsp3) is 0.345. The first-order chi connectivity index (χ1) is 18.3. The fourth-order valence-corrected chi connectivity index (χ4v) is 6.97. The number of amides is 2. The number of carboxylic acids is 1. The third-order valence-electron chi connectivity index (χ3n) is 7.55. The van der Waals surface area contributed by atoms with E-state index in [-0.39, 0.29) is 5.78 Å². The van der Waals surface area contributed by atoms with Crippen molar-refractivity contribution in [3.63, 3.8) is 0 Å². The van der Waals surface area contributed by atoms with Crippen LogP contribution in [0.15, 0.2) is 60.0 Å². The number of rotatable bonds is 5. The van der Waals surface area contributed by atoms with Crippen molar-refractivity contribution in [1.82, 2.24) is 9.80 Å². The van der Waals surface area contributed by atoms with Crippen molar-refractivity contribution in [2.75, 3.05) is 26.3 Å². The van der Waals surface area contributed by atoms with Crippen LogP contribution in [0.1, 0.15) is 43.9 Å². The number of hydrogen-bond acceptors (Lipinski definition) is 5. The summed E-state index contributed by atoms with van der Waals surface area (Å²) in [5.74, 6) is -2.86. The van der Waals surface area contributed by atoms with E-state index in [4.69, 9.17) is 16.3 Å². The number of halogens is 1. The fourth-order valence-electron chi connectivity index (χ4n) is 5.74. The molecule has 4 unspecified atom stereocenters. The van der Waals surface area contributed by atoms with Crippen molar-refractivity contribution in [2.24, 2.45) is 5.92 Å². The average Bonchev–Trinajstić information content (AvgIpc) is 3.50. The summed E-state index contributed by atoms with van der Waals surface area (Å²) in [7, 11) is 0. The van der Waals surface area contributed by atoms with Crippen LogP contribution < -0.4 is 0 Å². The summed E-state index contributed by atoms with van der Waals surface area (Å²) >= 11 is 7.63. The van der Waals surface area contributed by atoms with Crippen LogP contribution in [0, 0.1) is 19.8 Å². The van der Waals surface area contributed by atoms with Crippen LogP contribution >= 0.6 is 22.9 Å². The van der Waals surface area contributed by atoms with Crippen LogP contribution in [0.4, 0.5) is 4.79 Å². The van der Waals surface area contributed by atoms with Gasteiger partial charge < -0.3 is 19.6 Å². The lowest BCUT2D eigenvalue weighted by Crippen LogP contribution is -2.52. The summed E-state index contributed by atoms with van der Waals surface area (Å²) in [5.41, 5.74) is 2.91. The van der Waals surface area contributed by atoms with Gasteiger partial charge in [0.25, 0.3) is 0 Å². The lowest BCUT2D eigenvalue weighted by molar-refractivity contribution is -0.142. The molecule has 0 aliphatic carbocycles. The van der Waals surface area contributed by atoms with Crippen LogP contribution in [-0.4, -0.2) is 65.0 Å². The molecule has 2 aliphatic rings. The first-order valence-electron chi connectivity index (χ1n) is 12.6. The third-order valence-corrected chi connectivity index (χ3v) is 8.92. The minimum absolute atomic E-state index is 0.177. The molecular weight excluding hydrogens is 524 g/mol. The molecule has 9 heteroatoms. The summed E-state index contributed by atoms with van der Waals surface area (Å²) < 4.78 is 5.44. The van der Waals surface area contributed by atoms with Gasteiger partial charge in [-0.1, -0.05) is 48.0 Å². The number of carbonyl (C=O) groups excluding carboxylic acids is 2. The number of ether oxygens (including phenoxy) is 1. The number of aliphatic carboxylic acids is 1. The minimum Gasteiger partial charge on any atom is -0.480 e. The summed E-state index contributed by atoms with van der Waals surface area (Å²) in [6.07, 6.45) is 0. The highest BCUT2D eigenvalue weighted by molar-refractivity contribution is 7.10. The smallest absolute Gasteiger partial charge is 0.327 e. The standard InChI is InChI=1S/C29H29ClN2O5S/c1-17-5-3-4-6-21(17)26(33)22-23(27-18(2)11-16-38-27)25(28(34)35)32(29(36)31-12-14-37-15-13-31)24(22)19-7-9-20(30)10-8-19/h3-11,16,22-25H,12-15H2,1-2H3,(H,34,35). The molecule has 1 aromatic heterocycles. The zero-order chi connectivity index (χ0) is 27.0. The van der Waals surface area contributed by atoms with Gasteiger partial charge in [-0.15, -0.1) is 11.3 Å². The van der Waals surface area contributed by atoms with Crippen molar-refractivity contribution < 1.29 is 24.2 Å². The van der Waals surface area contributed by atoms with Gasteiger partial charge in [-0.3, -0.25) is 4.79 Å². The number of morpholine rings is 1. The van der Waals surface area contributed by atoms with Crippen molar-refractivity contribution in [1.29, 1.82) is 0 Å². The number of urea groups is 1. The zero-order valence-corrected chi connectivity index (χ0v) is 22.7. The Morgan fingerprint density at radius 3 is 2.26 bits per heavy atom. The van der Waals surface area contributed by atoms with E-state index >= 15 is 0 Å². The maximum absolute atomic E-state index is 14.5. The quantitative estimate of drug-likeness (QED) is 0.419. The minimum atomic E-state index is -1.23. The van der Waals surface area contributed by atoms with Crippen LogP contribution in [0.5, 0.6) is 0 Å². The Balaban J connectivity index is 1.75. The number of ketones is 1. The number of thiophene rings is 1. The summed E-state index contributed by atoms with van der Waals surface area (Å²) in [6, 6.07) is 13.8. The molecule has 198 valence electrons. The van der Waals surface area contributed by atoms with E-state index in [0.717, 1.165) is 16.0 Å². The molecule has 3 heterocycles. The molecule has 0 radical (unpaired) electrons. The number of hydrogen-bond donors (Lipinski definition) is 1. The highest BCUT2D eigenvalue weighted by atomic mass is 35.5. The first kappa shape index (κ1) is 26.4. The molecule has 2 aliphatic heterocycles. The first-order valence-corrected chi connectivity index (χ1v) is 13.8. The molecular formula is C29H29ClN2O5S. The van der Waals surface area contributed by atoms with E-state index in [1.165, 1.54) is 16.2 Å². The van der Waals surface area contributed by atoms with E-state index in [0.29, 0.717) is 42.5 Å². The highest BCUT2D eigenvalue weighted by Gasteiger charge is 2.59. The summed E-state index contributed by atoms with van der Waals surface area (Å²) in [4.78, 5) is 45.5. The number of benzene rings is 2. The molecule has 2 aromatic carbocycles. The Labute approximate surface area is 230 Å². The second-order valence-corrected chi connectivity index (χ2v) is 11.2. The average molecular weight is 553 g/mol. The largest absolute Gasteiger partial charge is 0.480 e. The number of nitrogens with zero attached hydrogens (tertiary/aromatic N) is 2. The molecule has 0 saturated carbocycles. The van der Waals surface area contributed by atoms with Crippen molar-refractivity contribution in [2.45, 2.75) is 31.8 Å². The molecule has 3 aromatic rings. The number of carboxylic acid groups (broad SMARTS) is 1. The number of Topliss-reactive ketones (excluding diaryl/α,β-unsaturated/α-hetero) is 1. The molecule has 2 amide bonds. The van der Waals surface area contributed by atoms with Crippen molar-refractivity contribution >= 4 is 40.7 Å². The molecule has 0 bridgehead atoms. The normalized spacial score (nSPS) is 23.4. The Bertz CT molecular complexity index is 1350. The number of carbonyl (C=O) groups is 3. The Morgan fingerprint density at radius 2 is 1.66 bits per heavy atom. The van der Waals surface area contributed by atoms with Gasteiger partial charge in [0.05, 0.1) is 25.2 Å². The highest BCUT2D eigenvalue weighted by Crippen LogP contribution is 2.53. The number of likely N-dealkylation sites (tertiary alicyclic amines) is 1. The molecule has 0 spiro atoms. The maximum Gasteiger partial charge on any atom is 0.327 e. The van der Waals surface area contributed by atoms with Gasteiger partial charge in [0.15, 0.2) is 5.78 Å². The Kier molecular flexibility index (Phi) is 7.56. The lowest BCUT2D eigenvalue weighted by atomic mass is 9.77. The monoisotopic (exact) mass is 552 g/mol. The van der Waals surface area contributed by atoms with Crippen molar-refractivity contribution in [3.05, 3.63) is 92.1 Å². The zero-order valence-electron chi connectivity index (χ0n) is 21.2. The summed E-state index contributed by atoms with van der Waals surface area (Å²) in [5, 5.41) is 13.1. The van der Waals surface area contributed by atoms with E-state index in [1.54, 1.807) is 35.2 Å². The molecule has 1 N–H and O–H groups in total. The van der Waals surface area contributed by atoms with Gasteiger partial charge in [-0.25, -0.2) is 9.59 Å². The molecule has 2 fully saturated rings. The molecule has 38 heavy (non-hydrogen) atoms. The predicted octanol–water partition coefficient (Wildman–Crippen LogP) is 5.56. The van der Waals surface area contributed by atoms with Gasteiger partial charge in [0, 0.05) is 34.5 Å². The van der Waals surface area contributed by atoms with Crippen LogP contribution in [-0.2, 0) is 9.53 Å². The van der Waals surface area contributed by atoms with E-state index in [9.17, 15) is 19.5 Å². The van der Waals surface area contributed by atoms with Gasteiger partial charge >= 0.3 is 12.0 Å². The van der Waals surface area contributed by atoms with Crippen LogP contribution in [0.25, 0.3) is 0 Å². The third kappa shape index (κ3) is 4.72. The van der Waals surface area contributed by atoms with Crippen LogP contribution in [0.2, 0.25) is 5.02 Å². The SMILES string of the molecule is Cc1ccccc1C(=O)C1C(c2sccc2C)C(C(=O)O)N(C(=O)N2CCOCC2)C1c1ccc(Cl)cc1. The molecule has 4 atom stereocenters. The molecule has 2 saturated heterocycles. The van der Waals surface area contributed by atoms with Gasteiger partial charge in [-0.2, -0.15) is 0 Å². The van der Waals surface area contributed by atoms with Gasteiger partial charge in [-0.05, 0) is 54.1 Å². The summed E-state index contributed by atoms with van der Waals surface area (Å²) in [6.45, 7) is 5.26. The Hall–Kier alpha value is -3.20. The van der Waals surface area contributed by atoms with Gasteiger partial charge in [0.1, 0.15) is 6.04 Å². The Morgan fingerprint density at radius 1 is 0.974 bits per heavy atom. The molecule has 7 nitrogen and oxygen atoms in total. The topological polar surface area (TPSA) is 87.2 Å². The van der Waals surface area contributed by atoms with E-state index < -0.39 is 35.9 Å². The number of aryl methyl sites for hydroxylation is 2. The van der Waals surface area contributed by atoms with E-state index in [1.807, 2.05) is 43.5 Å². The predicted molar refractivity (Wildman–Crippen MR) is 146 cm³/mol. The second-order valence-electron chi connectivity index (χ2n) is 9.77. The molecule has 5 rings (SSSR count). The lowest BCUT2D eigenvalue weighted by Gasteiger charge is -2.36.